The lowest BCUT2D eigenvalue weighted by Gasteiger charge is -2.37. The van der Waals surface area contributed by atoms with E-state index in [9.17, 15) is 15.0 Å². The molecule has 88 valence electrons. The van der Waals surface area contributed by atoms with E-state index in [1.165, 1.54) is 0 Å². The second kappa shape index (κ2) is 3.52. The van der Waals surface area contributed by atoms with Crippen molar-refractivity contribution in [3.8, 4) is 5.75 Å². The number of rotatable bonds is 1. The molecule has 0 spiro atoms. The number of hydrogen-bond donors (Lipinski definition) is 2. The van der Waals surface area contributed by atoms with Gasteiger partial charge in [-0.2, -0.15) is 0 Å². The summed E-state index contributed by atoms with van der Waals surface area (Å²) in [6, 6.07) is 4.51. The van der Waals surface area contributed by atoms with Crippen LogP contribution in [0.25, 0.3) is 0 Å². The van der Waals surface area contributed by atoms with Crippen molar-refractivity contribution in [2.75, 3.05) is 5.32 Å². The van der Waals surface area contributed by atoms with Crippen LogP contribution < -0.4 is 10.4 Å². The molecule has 1 aromatic carbocycles. The first kappa shape index (κ1) is 10.2. The van der Waals surface area contributed by atoms with Crippen molar-refractivity contribution in [2.24, 2.45) is 5.92 Å². The predicted molar refractivity (Wildman–Crippen MR) is 60.5 cm³/mol. The minimum absolute atomic E-state index is 0.0192. The molecule has 0 aromatic heterocycles. The summed E-state index contributed by atoms with van der Waals surface area (Å²) in [5, 5.41) is 23.8. The maximum absolute atomic E-state index is 11.1. The number of aromatic hydroxyl groups is 1. The third-order valence-electron chi connectivity index (χ3n) is 3.63. The molecule has 3 rings (SSSR count). The lowest BCUT2D eigenvalue weighted by Crippen LogP contribution is -2.48. The Morgan fingerprint density at radius 1 is 1.47 bits per heavy atom. The smallest absolute Gasteiger partial charge is 0.138 e. The maximum Gasteiger partial charge on any atom is 0.138 e. The van der Waals surface area contributed by atoms with Crippen molar-refractivity contribution in [3.63, 3.8) is 0 Å². The minimum Gasteiger partial charge on any atom is -0.548 e. The second-order valence-corrected chi connectivity index (χ2v) is 4.54. The van der Waals surface area contributed by atoms with Crippen LogP contribution in [0.1, 0.15) is 17.9 Å². The van der Waals surface area contributed by atoms with Crippen LogP contribution in [0.5, 0.6) is 5.75 Å². The van der Waals surface area contributed by atoms with Gasteiger partial charge in [-0.3, -0.25) is 0 Å². The van der Waals surface area contributed by atoms with Crippen LogP contribution in [0.4, 0.5) is 5.69 Å². The SMILES string of the molecule is O=C([O-])C1Nc2c(O)cccc2C2C=CCC12. The molecule has 3 unspecified atom stereocenters. The van der Waals surface area contributed by atoms with E-state index >= 15 is 0 Å². The van der Waals surface area contributed by atoms with Gasteiger partial charge in [0.05, 0.1) is 17.7 Å². The second-order valence-electron chi connectivity index (χ2n) is 4.54. The van der Waals surface area contributed by atoms with Gasteiger partial charge in [0.15, 0.2) is 0 Å². The summed E-state index contributed by atoms with van der Waals surface area (Å²) < 4.78 is 0. The number of carboxylic acid groups (broad SMARTS) is 1. The Morgan fingerprint density at radius 2 is 2.29 bits per heavy atom. The van der Waals surface area contributed by atoms with Crippen molar-refractivity contribution in [3.05, 3.63) is 35.9 Å². The van der Waals surface area contributed by atoms with Crippen molar-refractivity contribution in [2.45, 2.75) is 18.4 Å². The summed E-state index contributed by atoms with van der Waals surface area (Å²) in [7, 11) is 0. The van der Waals surface area contributed by atoms with E-state index in [2.05, 4.69) is 5.32 Å². The lowest BCUT2D eigenvalue weighted by molar-refractivity contribution is -0.308. The first-order valence-corrected chi connectivity index (χ1v) is 5.64. The van der Waals surface area contributed by atoms with Gasteiger partial charge in [-0.25, -0.2) is 0 Å². The quantitative estimate of drug-likeness (QED) is 0.547. The molecule has 0 saturated carbocycles. The monoisotopic (exact) mass is 230 g/mol. The third-order valence-corrected chi connectivity index (χ3v) is 3.63. The number of hydrogen-bond acceptors (Lipinski definition) is 4. The van der Waals surface area contributed by atoms with Crippen LogP contribution in [0.2, 0.25) is 0 Å². The predicted octanol–water partition coefficient (Wildman–Crippen LogP) is 0.596. The highest BCUT2D eigenvalue weighted by Gasteiger charge is 2.38. The molecular formula is C13H12NO3-. The van der Waals surface area contributed by atoms with Gasteiger partial charge < -0.3 is 20.3 Å². The van der Waals surface area contributed by atoms with Crippen molar-refractivity contribution in [1.29, 1.82) is 0 Å². The van der Waals surface area contributed by atoms with Crippen LogP contribution in [0.15, 0.2) is 30.4 Å². The number of phenols is 1. The molecule has 0 fully saturated rings. The molecule has 2 N–H and O–H groups in total. The minimum atomic E-state index is -1.11. The number of carbonyl (C=O) groups is 1. The highest BCUT2D eigenvalue weighted by atomic mass is 16.4. The average molecular weight is 230 g/mol. The number of carbonyl (C=O) groups excluding carboxylic acids is 1. The molecule has 1 aromatic rings. The van der Waals surface area contributed by atoms with Gasteiger partial charge in [0.2, 0.25) is 0 Å². The van der Waals surface area contributed by atoms with Gasteiger partial charge >= 0.3 is 0 Å². The standard InChI is InChI=1S/C13H13NO3/c15-10-6-2-5-8-7-3-1-4-9(7)12(13(16)17)14-11(8)10/h1-3,5-7,9,12,14-15H,4H2,(H,16,17)/p-1. The summed E-state index contributed by atoms with van der Waals surface area (Å²) in [5.41, 5.74) is 1.48. The number of phenolic OH excluding ortho intramolecular Hbond substituents is 1. The number of para-hydroxylation sites is 1. The van der Waals surface area contributed by atoms with Crippen LogP contribution in [-0.2, 0) is 4.79 Å². The number of nitrogens with one attached hydrogen (secondary N) is 1. The lowest BCUT2D eigenvalue weighted by atomic mass is 9.79. The highest BCUT2D eigenvalue weighted by Crippen LogP contribution is 2.47. The van der Waals surface area contributed by atoms with Crippen molar-refractivity contribution in [1.82, 2.24) is 0 Å². The molecule has 2 aliphatic rings. The Morgan fingerprint density at radius 3 is 3.06 bits per heavy atom. The van der Waals surface area contributed by atoms with E-state index in [-0.39, 0.29) is 17.6 Å². The molecular weight excluding hydrogens is 218 g/mol. The number of benzene rings is 1. The fourth-order valence-electron chi connectivity index (χ4n) is 2.84. The van der Waals surface area contributed by atoms with Gasteiger partial charge in [0.25, 0.3) is 0 Å². The highest BCUT2D eigenvalue weighted by molar-refractivity contribution is 5.80. The van der Waals surface area contributed by atoms with E-state index in [4.69, 9.17) is 0 Å². The summed E-state index contributed by atoms with van der Waals surface area (Å²) in [6.45, 7) is 0. The van der Waals surface area contributed by atoms with E-state index in [1.54, 1.807) is 12.1 Å². The number of carboxylic acids is 1. The van der Waals surface area contributed by atoms with E-state index in [0.29, 0.717) is 5.69 Å². The van der Waals surface area contributed by atoms with E-state index < -0.39 is 12.0 Å². The van der Waals surface area contributed by atoms with E-state index in [1.807, 2.05) is 18.2 Å². The number of anilines is 1. The Hall–Kier alpha value is -1.97. The molecule has 0 bridgehead atoms. The first-order chi connectivity index (χ1) is 8.18. The van der Waals surface area contributed by atoms with Crippen molar-refractivity contribution < 1.29 is 15.0 Å². The number of aliphatic carboxylic acids is 1. The summed E-state index contributed by atoms with van der Waals surface area (Å²) in [4.78, 5) is 11.1. The topological polar surface area (TPSA) is 72.4 Å². The molecule has 3 atom stereocenters. The Balaban J connectivity index is 2.12. The fraction of sp³-hybridized carbons (Fsp3) is 0.308. The first-order valence-electron chi connectivity index (χ1n) is 5.64. The zero-order chi connectivity index (χ0) is 12.0. The number of allylic oxidation sites excluding steroid dienone is 2. The Bertz CT molecular complexity index is 509. The average Bonchev–Trinajstić information content (AvgIpc) is 2.77. The molecule has 17 heavy (non-hydrogen) atoms. The van der Waals surface area contributed by atoms with E-state index in [0.717, 1.165) is 12.0 Å². The molecule has 1 aliphatic carbocycles. The van der Waals surface area contributed by atoms with Gasteiger partial charge in [0, 0.05) is 5.92 Å². The van der Waals surface area contributed by atoms with Crippen LogP contribution in [0.3, 0.4) is 0 Å². The molecule has 1 aliphatic heterocycles. The zero-order valence-electron chi connectivity index (χ0n) is 9.09. The van der Waals surface area contributed by atoms with Gasteiger partial charge in [0.1, 0.15) is 5.75 Å². The molecule has 0 saturated heterocycles. The van der Waals surface area contributed by atoms with Crippen LogP contribution in [-0.4, -0.2) is 17.1 Å². The van der Waals surface area contributed by atoms with Crippen LogP contribution >= 0.6 is 0 Å². The Kier molecular flexibility index (Phi) is 2.11. The van der Waals surface area contributed by atoms with Crippen molar-refractivity contribution >= 4 is 11.7 Å². The molecule has 4 nitrogen and oxygen atoms in total. The zero-order valence-corrected chi connectivity index (χ0v) is 9.09. The van der Waals surface area contributed by atoms with Crippen LogP contribution in [0, 0.1) is 5.92 Å². The molecule has 0 radical (unpaired) electrons. The van der Waals surface area contributed by atoms with Gasteiger partial charge in [-0.1, -0.05) is 24.3 Å². The molecule has 1 heterocycles. The normalized spacial score (nSPS) is 29.3. The summed E-state index contributed by atoms with van der Waals surface area (Å²) in [5.74, 6) is -0.986. The number of fused-ring (bicyclic) bond motifs is 3. The van der Waals surface area contributed by atoms with Gasteiger partial charge in [-0.15, -0.1) is 0 Å². The summed E-state index contributed by atoms with van der Waals surface area (Å²) in [6.07, 6.45) is 4.73. The Labute approximate surface area is 98.6 Å². The van der Waals surface area contributed by atoms with Gasteiger partial charge in [-0.05, 0) is 24.0 Å². The largest absolute Gasteiger partial charge is 0.548 e. The summed E-state index contributed by atoms with van der Waals surface area (Å²) >= 11 is 0. The molecule has 4 heteroatoms. The molecule has 0 amide bonds. The third kappa shape index (κ3) is 1.40. The fourth-order valence-corrected chi connectivity index (χ4v) is 2.84. The maximum atomic E-state index is 11.1.